The van der Waals surface area contributed by atoms with Crippen molar-refractivity contribution < 1.29 is 5.32 Å². The maximum absolute atomic E-state index is 4.84. The number of aromatic nitrogens is 2. The quantitative estimate of drug-likeness (QED) is 0.788. The lowest BCUT2D eigenvalue weighted by atomic mass is 10.0. The molecule has 0 saturated carbocycles. The predicted octanol–water partition coefficient (Wildman–Crippen LogP) is 2.85. The molecule has 0 aliphatic rings. The first-order valence-corrected chi connectivity index (χ1v) is 7.68. The third-order valence-electron chi connectivity index (χ3n) is 4.02. The Morgan fingerprint density at radius 3 is 2.45 bits per heavy atom. The van der Waals surface area contributed by atoms with Gasteiger partial charge in [-0.3, -0.25) is 0 Å². The van der Waals surface area contributed by atoms with Crippen molar-refractivity contribution in [1.82, 2.24) is 9.78 Å². The number of nitrogens with zero attached hydrogens (tertiary/aromatic N) is 2. The van der Waals surface area contributed by atoms with Gasteiger partial charge in [-0.2, -0.15) is 5.10 Å². The molecule has 0 aliphatic heterocycles. The largest absolute Gasteiger partial charge is 0.345 e. The molecule has 3 aromatic rings. The molecular formula is C19H22N3+. The fourth-order valence-electron chi connectivity index (χ4n) is 2.62. The van der Waals surface area contributed by atoms with Crippen molar-refractivity contribution in [2.75, 3.05) is 7.05 Å². The van der Waals surface area contributed by atoms with Gasteiger partial charge in [0.1, 0.15) is 12.2 Å². The van der Waals surface area contributed by atoms with E-state index in [-0.39, 0.29) is 0 Å². The first kappa shape index (κ1) is 14.5. The van der Waals surface area contributed by atoms with Crippen LogP contribution in [0.4, 0.5) is 0 Å². The smallest absolute Gasteiger partial charge is 0.105 e. The van der Waals surface area contributed by atoms with Crippen LogP contribution in [0.2, 0.25) is 0 Å². The summed E-state index contributed by atoms with van der Waals surface area (Å²) in [7, 11) is 2.09. The van der Waals surface area contributed by atoms with Crippen LogP contribution in [0.15, 0.2) is 54.7 Å². The van der Waals surface area contributed by atoms with E-state index in [1.165, 1.54) is 22.3 Å². The van der Waals surface area contributed by atoms with Gasteiger partial charge in [0.15, 0.2) is 0 Å². The Labute approximate surface area is 131 Å². The minimum absolute atomic E-state index is 0.926. The van der Waals surface area contributed by atoms with Crippen LogP contribution >= 0.6 is 0 Å². The molecule has 22 heavy (non-hydrogen) atoms. The van der Waals surface area contributed by atoms with E-state index in [1.54, 1.807) is 0 Å². The van der Waals surface area contributed by atoms with Crippen molar-refractivity contribution in [2.45, 2.75) is 20.4 Å². The van der Waals surface area contributed by atoms with Crippen LogP contribution < -0.4 is 5.32 Å². The highest BCUT2D eigenvalue weighted by Gasteiger charge is 2.13. The van der Waals surface area contributed by atoms with Gasteiger partial charge < -0.3 is 5.32 Å². The van der Waals surface area contributed by atoms with Gasteiger partial charge in [-0.1, -0.05) is 30.3 Å². The summed E-state index contributed by atoms with van der Waals surface area (Å²) in [6.07, 6.45) is 2.14. The van der Waals surface area contributed by atoms with Crippen LogP contribution in [0.25, 0.3) is 16.9 Å². The maximum Gasteiger partial charge on any atom is 0.105 e. The molecule has 2 aromatic carbocycles. The number of aryl methyl sites for hydroxylation is 2. The summed E-state index contributed by atoms with van der Waals surface area (Å²) in [4.78, 5) is 0. The van der Waals surface area contributed by atoms with E-state index in [4.69, 9.17) is 5.10 Å². The Balaban J connectivity index is 2.09. The SMILES string of the molecule is C[NH2+]Cc1cn(-c2ccccc2)nc1-c1ccc(C)c(C)c1. The number of rotatable bonds is 4. The predicted molar refractivity (Wildman–Crippen MR) is 90.0 cm³/mol. The van der Waals surface area contributed by atoms with Crippen molar-refractivity contribution >= 4 is 0 Å². The normalized spacial score (nSPS) is 10.9. The molecule has 3 heteroatoms. The summed E-state index contributed by atoms with van der Waals surface area (Å²) in [5.41, 5.74) is 7.23. The highest BCUT2D eigenvalue weighted by atomic mass is 15.3. The van der Waals surface area contributed by atoms with Crippen LogP contribution in [-0.2, 0) is 6.54 Å². The Bertz CT molecular complexity index is 773. The second-order valence-electron chi connectivity index (χ2n) is 5.69. The fourth-order valence-corrected chi connectivity index (χ4v) is 2.62. The lowest BCUT2D eigenvalue weighted by Crippen LogP contribution is -2.77. The zero-order valence-electron chi connectivity index (χ0n) is 13.4. The van der Waals surface area contributed by atoms with E-state index in [1.807, 2.05) is 22.9 Å². The van der Waals surface area contributed by atoms with E-state index in [0.29, 0.717) is 0 Å². The number of nitrogens with two attached hydrogens (primary N) is 1. The number of benzene rings is 2. The number of hydrogen-bond acceptors (Lipinski definition) is 1. The Kier molecular flexibility index (Phi) is 4.07. The Hall–Kier alpha value is -2.39. The Morgan fingerprint density at radius 1 is 1.00 bits per heavy atom. The van der Waals surface area contributed by atoms with E-state index in [0.717, 1.165) is 17.9 Å². The van der Waals surface area contributed by atoms with E-state index < -0.39 is 0 Å². The molecule has 0 spiro atoms. The van der Waals surface area contributed by atoms with Gasteiger partial charge in [0.25, 0.3) is 0 Å². The molecular weight excluding hydrogens is 270 g/mol. The number of quaternary nitrogens is 1. The van der Waals surface area contributed by atoms with Crippen LogP contribution in [0.5, 0.6) is 0 Å². The first-order chi connectivity index (χ1) is 10.7. The third-order valence-corrected chi connectivity index (χ3v) is 4.02. The number of hydrogen-bond donors (Lipinski definition) is 1. The fraction of sp³-hybridized carbons (Fsp3) is 0.211. The standard InChI is InChI=1S/C19H21N3/c1-14-9-10-16(11-15(14)2)19-17(12-20-3)13-22(21-19)18-7-5-4-6-8-18/h4-11,13,20H,12H2,1-3H3/p+1. The minimum atomic E-state index is 0.926. The van der Waals surface area contributed by atoms with Crippen LogP contribution in [0, 0.1) is 13.8 Å². The zero-order valence-corrected chi connectivity index (χ0v) is 13.4. The lowest BCUT2D eigenvalue weighted by molar-refractivity contribution is -0.643. The molecule has 0 atom stereocenters. The lowest BCUT2D eigenvalue weighted by Gasteiger charge is -2.04. The summed E-state index contributed by atoms with van der Waals surface area (Å²) in [5, 5.41) is 7.01. The summed E-state index contributed by atoms with van der Waals surface area (Å²) in [6, 6.07) is 16.8. The van der Waals surface area contributed by atoms with Gasteiger partial charge in [-0.25, -0.2) is 4.68 Å². The molecule has 3 nitrogen and oxygen atoms in total. The minimum Gasteiger partial charge on any atom is -0.345 e. The molecule has 3 rings (SSSR count). The molecule has 0 bridgehead atoms. The first-order valence-electron chi connectivity index (χ1n) is 7.68. The zero-order chi connectivity index (χ0) is 15.5. The summed E-state index contributed by atoms with van der Waals surface area (Å²) >= 11 is 0. The van der Waals surface area contributed by atoms with Gasteiger partial charge >= 0.3 is 0 Å². The van der Waals surface area contributed by atoms with Gasteiger partial charge in [0.05, 0.1) is 18.3 Å². The van der Waals surface area contributed by atoms with Gasteiger partial charge in [0.2, 0.25) is 0 Å². The molecule has 0 unspecified atom stereocenters. The van der Waals surface area contributed by atoms with Crippen molar-refractivity contribution in [3.8, 4) is 16.9 Å². The van der Waals surface area contributed by atoms with Crippen molar-refractivity contribution in [3.63, 3.8) is 0 Å². The van der Waals surface area contributed by atoms with Gasteiger partial charge in [0, 0.05) is 11.8 Å². The van der Waals surface area contributed by atoms with Gasteiger partial charge in [-0.05, 0) is 43.2 Å². The summed E-state index contributed by atoms with van der Waals surface area (Å²) in [6.45, 7) is 5.22. The van der Waals surface area contributed by atoms with E-state index >= 15 is 0 Å². The van der Waals surface area contributed by atoms with Crippen LogP contribution in [0.1, 0.15) is 16.7 Å². The molecule has 2 N–H and O–H groups in total. The molecule has 1 aromatic heterocycles. The molecule has 0 fully saturated rings. The Morgan fingerprint density at radius 2 is 1.77 bits per heavy atom. The molecule has 0 aliphatic carbocycles. The van der Waals surface area contributed by atoms with E-state index in [2.05, 4.69) is 62.7 Å². The van der Waals surface area contributed by atoms with Crippen molar-refractivity contribution in [2.24, 2.45) is 0 Å². The third kappa shape index (κ3) is 2.81. The second kappa shape index (κ2) is 6.16. The van der Waals surface area contributed by atoms with Crippen LogP contribution in [-0.4, -0.2) is 16.8 Å². The summed E-state index contributed by atoms with van der Waals surface area (Å²) in [5.74, 6) is 0. The second-order valence-corrected chi connectivity index (χ2v) is 5.69. The summed E-state index contributed by atoms with van der Waals surface area (Å²) < 4.78 is 1.98. The van der Waals surface area contributed by atoms with Crippen molar-refractivity contribution in [3.05, 3.63) is 71.4 Å². The average molecular weight is 292 g/mol. The maximum atomic E-state index is 4.84. The highest BCUT2D eigenvalue weighted by molar-refractivity contribution is 5.64. The molecule has 0 saturated heterocycles. The van der Waals surface area contributed by atoms with E-state index in [9.17, 15) is 0 Å². The number of para-hydroxylation sites is 1. The molecule has 112 valence electrons. The molecule has 0 amide bonds. The van der Waals surface area contributed by atoms with Crippen molar-refractivity contribution in [1.29, 1.82) is 0 Å². The topological polar surface area (TPSA) is 34.4 Å². The van der Waals surface area contributed by atoms with Gasteiger partial charge in [-0.15, -0.1) is 0 Å². The monoisotopic (exact) mass is 292 g/mol. The average Bonchev–Trinajstić information content (AvgIpc) is 2.95. The molecule has 0 radical (unpaired) electrons. The highest BCUT2D eigenvalue weighted by Crippen LogP contribution is 2.25. The molecule has 1 heterocycles. The van der Waals surface area contributed by atoms with Crippen LogP contribution in [0.3, 0.4) is 0 Å².